The fourth-order valence-corrected chi connectivity index (χ4v) is 3.13. The Balaban J connectivity index is 2.36. The molecule has 2 nitrogen and oxygen atoms in total. The maximum Gasteiger partial charge on any atom is 0.389 e. The van der Waals surface area contributed by atoms with Crippen molar-refractivity contribution in [3.8, 4) is 0 Å². The molecule has 0 amide bonds. The normalized spacial score (nSPS) is 26.7. The highest BCUT2D eigenvalue weighted by molar-refractivity contribution is 4.83. The van der Waals surface area contributed by atoms with Crippen LogP contribution in [0.25, 0.3) is 0 Å². The van der Waals surface area contributed by atoms with Crippen molar-refractivity contribution in [1.82, 2.24) is 4.90 Å². The van der Waals surface area contributed by atoms with Gasteiger partial charge in [0.2, 0.25) is 0 Å². The van der Waals surface area contributed by atoms with E-state index in [1.807, 2.05) is 0 Å². The van der Waals surface area contributed by atoms with E-state index in [1.54, 1.807) is 0 Å². The second kappa shape index (κ2) is 7.48. The average molecular weight is 280 g/mol. The van der Waals surface area contributed by atoms with Crippen molar-refractivity contribution in [2.24, 2.45) is 5.73 Å². The molecule has 1 unspecified atom stereocenters. The zero-order valence-corrected chi connectivity index (χ0v) is 12.0. The second-order valence-electron chi connectivity index (χ2n) is 5.76. The first-order chi connectivity index (χ1) is 8.83. The first-order valence-corrected chi connectivity index (χ1v) is 7.41. The van der Waals surface area contributed by atoms with E-state index in [1.165, 1.54) is 0 Å². The summed E-state index contributed by atoms with van der Waals surface area (Å²) in [5.74, 6) is 0. The molecule has 1 aliphatic rings. The van der Waals surface area contributed by atoms with Crippen LogP contribution >= 0.6 is 0 Å². The van der Waals surface area contributed by atoms with Gasteiger partial charge in [0.1, 0.15) is 0 Å². The first kappa shape index (κ1) is 16.8. The van der Waals surface area contributed by atoms with E-state index < -0.39 is 12.6 Å². The largest absolute Gasteiger partial charge is 0.389 e. The minimum Gasteiger partial charge on any atom is -0.328 e. The van der Waals surface area contributed by atoms with Gasteiger partial charge in [0.25, 0.3) is 0 Å². The van der Waals surface area contributed by atoms with E-state index in [-0.39, 0.29) is 12.5 Å². The number of hydrogen-bond donors (Lipinski definition) is 1. The van der Waals surface area contributed by atoms with Gasteiger partial charge in [-0.3, -0.25) is 4.90 Å². The van der Waals surface area contributed by atoms with Gasteiger partial charge in [0.15, 0.2) is 0 Å². The minimum absolute atomic E-state index is 0.228. The molecule has 0 bridgehead atoms. The van der Waals surface area contributed by atoms with E-state index in [0.29, 0.717) is 18.5 Å². The van der Waals surface area contributed by atoms with Crippen LogP contribution < -0.4 is 5.73 Å². The second-order valence-corrected chi connectivity index (χ2v) is 5.76. The highest BCUT2D eigenvalue weighted by atomic mass is 19.4. The van der Waals surface area contributed by atoms with Crippen LogP contribution in [0.1, 0.15) is 58.8 Å². The Morgan fingerprint density at radius 1 is 1.21 bits per heavy atom. The van der Waals surface area contributed by atoms with E-state index >= 15 is 0 Å². The quantitative estimate of drug-likeness (QED) is 0.804. The Hall–Kier alpha value is -0.290. The minimum atomic E-state index is -4.02. The third-order valence-corrected chi connectivity index (χ3v) is 4.22. The first-order valence-electron chi connectivity index (χ1n) is 7.41. The fourth-order valence-electron chi connectivity index (χ4n) is 3.13. The van der Waals surface area contributed by atoms with Gasteiger partial charge in [0, 0.05) is 24.5 Å². The zero-order chi connectivity index (χ0) is 14.5. The molecule has 0 aromatic carbocycles. The molecule has 0 aliphatic heterocycles. The molecule has 0 aromatic heterocycles. The standard InChI is InChI=1S/C14H27F3N2/c1-3-19(13-8-6-12(18)7-9-13)11(2)5-4-10-14(15,16)17/h11-13H,3-10,18H2,1-2H3. The van der Waals surface area contributed by atoms with Crippen molar-refractivity contribution in [3.05, 3.63) is 0 Å². The Labute approximate surface area is 114 Å². The molecule has 1 atom stereocenters. The maximum absolute atomic E-state index is 12.2. The summed E-state index contributed by atoms with van der Waals surface area (Å²) in [6.45, 7) is 5.05. The number of hydrogen-bond acceptors (Lipinski definition) is 2. The van der Waals surface area contributed by atoms with Crippen molar-refractivity contribution >= 4 is 0 Å². The molecule has 0 aromatic rings. The van der Waals surface area contributed by atoms with Crippen LogP contribution in [0.2, 0.25) is 0 Å². The molecule has 1 saturated carbocycles. The summed E-state index contributed by atoms with van der Waals surface area (Å²) in [5, 5.41) is 0. The van der Waals surface area contributed by atoms with Gasteiger partial charge in [-0.2, -0.15) is 13.2 Å². The summed E-state index contributed by atoms with van der Waals surface area (Å²) in [6, 6.07) is 1.05. The summed E-state index contributed by atoms with van der Waals surface area (Å²) in [6.07, 6.45) is 0.409. The molecule has 0 spiro atoms. The van der Waals surface area contributed by atoms with Crippen LogP contribution in [0.3, 0.4) is 0 Å². The lowest BCUT2D eigenvalue weighted by Gasteiger charge is -2.39. The molecule has 0 heterocycles. The monoisotopic (exact) mass is 280 g/mol. The van der Waals surface area contributed by atoms with Gasteiger partial charge in [-0.05, 0) is 52.0 Å². The predicted octanol–water partition coefficient (Wildman–Crippen LogP) is 3.70. The molecule has 5 heteroatoms. The maximum atomic E-state index is 12.2. The summed E-state index contributed by atoms with van der Waals surface area (Å²) in [7, 11) is 0. The number of rotatable bonds is 6. The topological polar surface area (TPSA) is 29.3 Å². The zero-order valence-electron chi connectivity index (χ0n) is 12.0. The van der Waals surface area contributed by atoms with E-state index in [0.717, 1.165) is 32.2 Å². The van der Waals surface area contributed by atoms with E-state index in [9.17, 15) is 13.2 Å². The Kier molecular flexibility index (Phi) is 6.60. The van der Waals surface area contributed by atoms with Crippen molar-refractivity contribution in [3.63, 3.8) is 0 Å². The molecule has 1 rings (SSSR count). The average Bonchev–Trinajstić information content (AvgIpc) is 2.31. The van der Waals surface area contributed by atoms with Crippen molar-refractivity contribution in [1.29, 1.82) is 0 Å². The number of alkyl halides is 3. The third kappa shape index (κ3) is 6.13. The molecule has 1 fully saturated rings. The summed E-state index contributed by atoms with van der Waals surface area (Å²) in [4.78, 5) is 2.36. The molecule has 114 valence electrons. The number of halogens is 3. The molecule has 0 radical (unpaired) electrons. The highest BCUT2D eigenvalue weighted by Crippen LogP contribution is 2.27. The summed E-state index contributed by atoms with van der Waals surface area (Å²) < 4.78 is 36.5. The lowest BCUT2D eigenvalue weighted by atomic mass is 9.89. The number of nitrogens with zero attached hydrogens (tertiary/aromatic N) is 1. The van der Waals surface area contributed by atoms with Crippen LogP contribution in [0.15, 0.2) is 0 Å². The van der Waals surface area contributed by atoms with Gasteiger partial charge >= 0.3 is 6.18 Å². The third-order valence-electron chi connectivity index (χ3n) is 4.22. The molecule has 19 heavy (non-hydrogen) atoms. The smallest absolute Gasteiger partial charge is 0.328 e. The van der Waals surface area contributed by atoms with Crippen LogP contribution in [-0.4, -0.2) is 35.7 Å². The molecular formula is C14H27F3N2. The van der Waals surface area contributed by atoms with E-state index in [4.69, 9.17) is 5.73 Å². The lowest BCUT2D eigenvalue weighted by Crippen LogP contribution is -2.45. The summed E-state index contributed by atoms with van der Waals surface area (Å²) >= 11 is 0. The summed E-state index contributed by atoms with van der Waals surface area (Å²) in [5.41, 5.74) is 5.90. The number of nitrogens with two attached hydrogens (primary N) is 1. The Morgan fingerprint density at radius 3 is 2.26 bits per heavy atom. The predicted molar refractivity (Wildman–Crippen MR) is 72.0 cm³/mol. The van der Waals surface area contributed by atoms with Crippen molar-refractivity contribution in [2.75, 3.05) is 6.54 Å². The van der Waals surface area contributed by atoms with Crippen LogP contribution in [-0.2, 0) is 0 Å². The van der Waals surface area contributed by atoms with Gasteiger partial charge < -0.3 is 5.73 Å². The molecule has 0 saturated heterocycles. The lowest BCUT2D eigenvalue weighted by molar-refractivity contribution is -0.136. The van der Waals surface area contributed by atoms with Crippen LogP contribution in [0, 0.1) is 0 Å². The Morgan fingerprint density at radius 2 is 1.79 bits per heavy atom. The van der Waals surface area contributed by atoms with Gasteiger partial charge in [0.05, 0.1) is 0 Å². The molecule has 1 aliphatic carbocycles. The Bertz CT molecular complexity index is 248. The van der Waals surface area contributed by atoms with E-state index in [2.05, 4.69) is 18.7 Å². The van der Waals surface area contributed by atoms with Crippen molar-refractivity contribution < 1.29 is 13.2 Å². The molecular weight excluding hydrogens is 253 g/mol. The van der Waals surface area contributed by atoms with Crippen LogP contribution in [0.5, 0.6) is 0 Å². The van der Waals surface area contributed by atoms with Gasteiger partial charge in [-0.1, -0.05) is 6.92 Å². The van der Waals surface area contributed by atoms with Crippen molar-refractivity contribution in [2.45, 2.75) is 83.1 Å². The highest BCUT2D eigenvalue weighted by Gasteiger charge is 2.29. The van der Waals surface area contributed by atoms with Crippen LogP contribution in [0.4, 0.5) is 13.2 Å². The fraction of sp³-hybridized carbons (Fsp3) is 1.00. The SMILES string of the molecule is CCN(C(C)CCCC(F)(F)F)C1CCC(N)CC1. The molecule has 2 N–H and O–H groups in total. The van der Waals surface area contributed by atoms with Gasteiger partial charge in [-0.25, -0.2) is 0 Å². The van der Waals surface area contributed by atoms with Gasteiger partial charge in [-0.15, -0.1) is 0 Å².